The van der Waals surface area contributed by atoms with E-state index < -0.39 is 78.4 Å². The van der Waals surface area contributed by atoms with Gasteiger partial charge in [-0.15, -0.1) is 0 Å². The number of Topliss-reactive ketones (excluding diaryl/α,β-unsaturated/α-hetero) is 1. The number of aliphatic hydroxyl groups is 3. The number of hydrogen-bond acceptors (Lipinski definition) is 13. The van der Waals surface area contributed by atoms with Crippen LogP contribution in [0, 0.1) is 11.8 Å². The van der Waals surface area contributed by atoms with Gasteiger partial charge in [-0.2, -0.15) is 0 Å². The smallest absolute Gasteiger partial charge is 0.462 e. The predicted octanol–water partition coefficient (Wildman–Crippen LogP) is 7.93. The number of phosphoric acid groups is 2. The lowest BCUT2D eigenvalue weighted by Gasteiger charge is -2.20. The first kappa shape index (κ1) is 56.5. The lowest BCUT2D eigenvalue weighted by atomic mass is 9.88. The Morgan fingerprint density at radius 2 is 1.18 bits per heavy atom. The van der Waals surface area contributed by atoms with Crippen molar-refractivity contribution in [2.45, 2.75) is 199 Å². The SMILES string of the molecule is CCCCCCCCCCCCCCCC(=O)O[C@H](COC(=O)CCCCCC[C@H]1C(=O)C[C@@H](O)[C@@H]1/C=C/[C@@H](O)CCCCC)COP(=O)(O)OC[C@@H](O)COP(=O)(O)O. The van der Waals surface area contributed by atoms with E-state index >= 15 is 0 Å². The minimum Gasteiger partial charge on any atom is -0.462 e. The van der Waals surface area contributed by atoms with Crippen LogP contribution in [0.1, 0.15) is 174 Å². The summed E-state index contributed by atoms with van der Waals surface area (Å²) in [4.78, 5) is 65.5. The second-order valence-electron chi connectivity index (χ2n) is 16.1. The van der Waals surface area contributed by atoms with Gasteiger partial charge in [-0.25, -0.2) is 9.13 Å². The number of unbranched alkanes of at least 4 members (excludes halogenated alkanes) is 17. The second kappa shape index (κ2) is 33.9. The number of aliphatic hydroxyl groups excluding tert-OH is 3. The molecule has 1 unspecified atom stereocenters. The fourth-order valence-electron chi connectivity index (χ4n) is 7.07. The highest BCUT2D eigenvalue weighted by Crippen LogP contribution is 2.44. The van der Waals surface area contributed by atoms with Crippen molar-refractivity contribution in [3.63, 3.8) is 0 Å². The van der Waals surface area contributed by atoms with Gasteiger partial charge in [-0.1, -0.05) is 142 Å². The van der Waals surface area contributed by atoms with Gasteiger partial charge in [0.2, 0.25) is 0 Å². The minimum absolute atomic E-state index is 0.0132. The number of carbonyl (C=O) groups excluding carboxylic acids is 3. The summed E-state index contributed by atoms with van der Waals surface area (Å²) in [5.41, 5.74) is 0. The zero-order valence-electron chi connectivity index (χ0n) is 36.3. The molecule has 0 saturated heterocycles. The second-order valence-corrected chi connectivity index (χ2v) is 18.8. The molecule has 60 heavy (non-hydrogen) atoms. The lowest BCUT2D eigenvalue weighted by Crippen LogP contribution is -2.30. The van der Waals surface area contributed by atoms with Crippen molar-refractivity contribution in [2.24, 2.45) is 11.8 Å². The summed E-state index contributed by atoms with van der Waals surface area (Å²) in [7, 11) is -9.75. The Hall–Kier alpha value is -1.55. The Labute approximate surface area is 358 Å². The van der Waals surface area contributed by atoms with Crippen LogP contribution in [0.2, 0.25) is 0 Å². The summed E-state index contributed by atoms with van der Waals surface area (Å²) in [5, 5.41) is 30.5. The molecule has 0 heterocycles. The Bertz CT molecular complexity index is 1280. The van der Waals surface area contributed by atoms with E-state index in [4.69, 9.17) is 23.8 Å². The van der Waals surface area contributed by atoms with Crippen LogP contribution in [-0.4, -0.2) is 98.6 Å². The van der Waals surface area contributed by atoms with Crippen molar-refractivity contribution in [1.82, 2.24) is 0 Å². The van der Waals surface area contributed by atoms with Gasteiger partial charge in [0.1, 0.15) is 18.5 Å². The van der Waals surface area contributed by atoms with Crippen LogP contribution in [0.5, 0.6) is 0 Å². The average molecular weight is 901 g/mol. The molecule has 6 N–H and O–H groups in total. The Morgan fingerprint density at radius 3 is 1.77 bits per heavy atom. The molecule has 352 valence electrons. The number of hydrogen-bond donors (Lipinski definition) is 6. The maximum absolute atomic E-state index is 12.7. The number of rotatable bonds is 39. The molecule has 0 aliphatic heterocycles. The van der Waals surface area contributed by atoms with Crippen molar-refractivity contribution in [3.8, 4) is 0 Å². The van der Waals surface area contributed by atoms with E-state index in [2.05, 4.69) is 22.9 Å². The van der Waals surface area contributed by atoms with Gasteiger partial charge in [-0.05, 0) is 25.7 Å². The van der Waals surface area contributed by atoms with Gasteiger partial charge in [0.15, 0.2) is 6.10 Å². The Balaban J connectivity index is 2.52. The minimum atomic E-state index is -4.89. The molecule has 0 bridgehead atoms. The van der Waals surface area contributed by atoms with Crippen LogP contribution in [0.25, 0.3) is 0 Å². The van der Waals surface area contributed by atoms with Crippen molar-refractivity contribution in [2.75, 3.05) is 26.4 Å². The third kappa shape index (κ3) is 30.5. The van der Waals surface area contributed by atoms with Gasteiger partial charge in [0, 0.05) is 31.1 Å². The molecule has 0 amide bonds. The Kier molecular flexibility index (Phi) is 31.9. The van der Waals surface area contributed by atoms with Gasteiger partial charge < -0.3 is 39.5 Å². The normalized spacial score (nSPS) is 19.7. The van der Waals surface area contributed by atoms with Crippen LogP contribution < -0.4 is 0 Å². The largest absolute Gasteiger partial charge is 0.472 e. The third-order valence-corrected chi connectivity index (χ3v) is 12.0. The molecule has 0 spiro atoms. The lowest BCUT2D eigenvalue weighted by molar-refractivity contribution is -0.161. The van der Waals surface area contributed by atoms with Crippen molar-refractivity contribution >= 4 is 33.4 Å². The van der Waals surface area contributed by atoms with Crippen LogP contribution in [0.4, 0.5) is 0 Å². The monoisotopic (exact) mass is 900 g/mol. The summed E-state index contributed by atoms with van der Waals surface area (Å²) < 4.78 is 47.8. The van der Waals surface area contributed by atoms with E-state index in [0.717, 1.165) is 51.4 Å². The molecule has 1 rings (SSSR count). The van der Waals surface area contributed by atoms with Crippen molar-refractivity contribution in [3.05, 3.63) is 12.2 Å². The van der Waals surface area contributed by atoms with Gasteiger partial charge >= 0.3 is 27.6 Å². The Morgan fingerprint density at radius 1 is 0.683 bits per heavy atom. The molecular formula is C42H78O16P2. The van der Waals surface area contributed by atoms with E-state index in [-0.39, 0.29) is 36.9 Å². The number of esters is 2. The number of ketones is 1. The molecule has 1 aliphatic rings. The summed E-state index contributed by atoms with van der Waals surface area (Å²) in [6.07, 6.45) is 21.1. The number of phosphoric ester groups is 2. The molecule has 18 heteroatoms. The molecule has 0 radical (unpaired) electrons. The van der Waals surface area contributed by atoms with E-state index in [1.807, 2.05) is 0 Å². The van der Waals surface area contributed by atoms with E-state index in [1.165, 1.54) is 51.4 Å². The summed E-state index contributed by atoms with van der Waals surface area (Å²) >= 11 is 0. The topological polar surface area (TPSA) is 253 Å². The summed E-state index contributed by atoms with van der Waals surface area (Å²) in [6, 6.07) is 0. The quantitative estimate of drug-likeness (QED) is 0.0148. The average Bonchev–Trinajstić information content (AvgIpc) is 3.46. The van der Waals surface area contributed by atoms with Crippen LogP contribution in [0.3, 0.4) is 0 Å². The first-order valence-electron chi connectivity index (χ1n) is 22.5. The maximum atomic E-state index is 12.7. The molecular weight excluding hydrogens is 822 g/mol. The fraction of sp³-hybridized carbons (Fsp3) is 0.881. The molecule has 16 nitrogen and oxygen atoms in total. The summed E-state index contributed by atoms with van der Waals surface area (Å²) in [6.45, 7) is 1.40. The zero-order chi connectivity index (χ0) is 44.7. The fourth-order valence-corrected chi connectivity index (χ4v) is 8.22. The third-order valence-electron chi connectivity index (χ3n) is 10.5. The highest BCUT2D eigenvalue weighted by molar-refractivity contribution is 7.47. The van der Waals surface area contributed by atoms with Crippen LogP contribution in [-0.2, 0) is 46.6 Å². The maximum Gasteiger partial charge on any atom is 0.472 e. The standard InChI is InChI=1S/C42H78O16P2/c1-3-5-7-8-9-10-11-12-13-14-15-16-22-26-42(48)58-36(33-57-60(52,53)56-31-35(44)30-55-59(49,50)51)32-54-41(47)25-21-18-17-20-24-37-38(40(46)29-39(37)45)28-27-34(43)23-19-6-4-2/h27-28,34-38,40,43-44,46H,3-26,29-33H2,1-2H3,(H,52,53)(H2,49,50,51)/b28-27+/t34-,35-,36+,37+,38+,40+/m0/s1. The van der Waals surface area contributed by atoms with E-state index in [0.29, 0.717) is 38.5 Å². The first-order chi connectivity index (χ1) is 28.6. The van der Waals surface area contributed by atoms with Crippen LogP contribution in [0.15, 0.2) is 12.2 Å². The number of carbonyl (C=O) groups is 3. The molecule has 7 atom stereocenters. The van der Waals surface area contributed by atoms with Crippen molar-refractivity contribution in [1.29, 1.82) is 0 Å². The van der Waals surface area contributed by atoms with Gasteiger partial charge in [0.05, 0.1) is 32.0 Å². The number of ether oxygens (including phenoxy) is 2. The highest BCUT2D eigenvalue weighted by atomic mass is 31.2. The first-order valence-corrected chi connectivity index (χ1v) is 25.5. The van der Waals surface area contributed by atoms with Crippen LogP contribution >= 0.6 is 15.6 Å². The summed E-state index contributed by atoms with van der Waals surface area (Å²) in [5.74, 6) is -1.82. The van der Waals surface area contributed by atoms with Gasteiger partial charge in [-0.3, -0.25) is 28.0 Å². The highest BCUT2D eigenvalue weighted by Gasteiger charge is 2.39. The van der Waals surface area contributed by atoms with E-state index in [1.54, 1.807) is 12.2 Å². The molecule has 0 aromatic heterocycles. The van der Waals surface area contributed by atoms with E-state index in [9.17, 15) is 43.7 Å². The molecule has 0 aromatic rings. The molecule has 0 aromatic carbocycles. The van der Waals surface area contributed by atoms with Crippen molar-refractivity contribution < 1.29 is 76.6 Å². The molecule has 1 fully saturated rings. The van der Waals surface area contributed by atoms with Gasteiger partial charge in [0.25, 0.3) is 0 Å². The molecule has 1 aliphatic carbocycles. The predicted molar refractivity (Wildman–Crippen MR) is 226 cm³/mol. The zero-order valence-corrected chi connectivity index (χ0v) is 38.1. The molecule has 1 saturated carbocycles.